The zero-order valence-corrected chi connectivity index (χ0v) is 8.06. The lowest BCUT2D eigenvalue weighted by atomic mass is 10.2. The number of hydrogen-bond acceptors (Lipinski definition) is 2. The third kappa shape index (κ3) is 2.06. The Hall–Kier alpha value is -0.900. The Bertz CT molecular complexity index is 278. The van der Waals surface area contributed by atoms with Crippen molar-refractivity contribution < 1.29 is 4.79 Å². The second-order valence-corrected chi connectivity index (χ2v) is 4.28. The predicted octanol–water partition coefficient (Wildman–Crippen LogP) is 1.25. The van der Waals surface area contributed by atoms with Gasteiger partial charge in [-0.1, -0.05) is 0 Å². The average molecular weight is 196 g/mol. The highest BCUT2D eigenvalue weighted by molar-refractivity contribution is 7.99. The van der Waals surface area contributed by atoms with Crippen molar-refractivity contribution in [2.45, 2.75) is 12.5 Å². The van der Waals surface area contributed by atoms with E-state index in [1.54, 1.807) is 18.5 Å². The molecule has 2 N–H and O–H groups in total. The van der Waals surface area contributed by atoms with Gasteiger partial charge >= 0.3 is 0 Å². The third-order valence-electron chi connectivity index (χ3n) is 2.13. The molecule has 1 fully saturated rings. The van der Waals surface area contributed by atoms with E-state index in [1.165, 1.54) is 0 Å². The van der Waals surface area contributed by atoms with Gasteiger partial charge in [0.25, 0.3) is 5.91 Å². The lowest BCUT2D eigenvalue weighted by Gasteiger charge is -2.09. The molecule has 1 unspecified atom stereocenters. The Kier molecular flexibility index (Phi) is 2.59. The maximum absolute atomic E-state index is 11.5. The number of nitrogens with one attached hydrogen (secondary N) is 2. The molecule has 0 radical (unpaired) electrons. The fraction of sp³-hybridized carbons (Fsp3) is 0.444. The first-order valence-corrected chi connectivity index (χ1v) is 5.53. The minimum Gasteiger partial charge on any atom is -0.367 e. The minimum atomic E-state index is 0.0359. The molecule has 0 aromatic carbocycles. The highest BCUT2D eigenvalue weighted by Gasteiger charge is 2.18. The number of H-pyrrole nitrogens is 1. The largest absolute Gasteiger partial charge is 0.367 e. The van der Waals surface area contributed by atoms with E-state index in [0.29, 0.717) is 6.04 Å². The Morgan fingerprint density at radius 2 is 2.62 bits per heavy atom. The number of amides is 1. The average Bonchev–Trinajstić information content (AvgIpc) is 2.74. The van der Waals surface area contributed by atoms with Crippen molar-refractivity contribution in [2.75, 3.05) is 11.5 Å². The van der Waals surface area contributed by atoms with Crippen molar-refractivity contribution in [2.24, 2.45) is 0 Å². The number of aromatic amines is 1. The van der Waals surface area contributed by atoms with Crippen LogP contribution in [0.2, 0.25) is 0 Å². The van der Waals surface area contributed by atoms with Gasteiger partial charge in [-0.05, 0) is 18.2 Å². The highest BCUT2D eigenvalue weighted by atomic mass is 32.2. The number of carbonyl (C=O) groups is 1. The lowest BCUT2D eigenvalue weighted by Crippen LogP contribution is -2.34. The molecule has 4 heteroatoms. The molecular weight excluding hydrogens is 184 g/mol. The number of rotatable bonds is 2. The van der Waals surface area contributed by atoms with Crippen molar-refractivity contribution >= 4 is 17.7 Å². The van der Waals surface area contributed by atoms with Crippen molar-refractivity contribution in [3.05, 3.63) is 24.0 Å². The summed E-state index contributed by atoms with van der Waals surface area (Å²) in [5.74, 6) is 2.25. The van der Waals surface area contributed by atoms with Crippen LogP contribution in [0, 0.1) is 0 Å². The van der Waals surface area contributed by atoms with E-state index in [4.69, 9.17) is 0 Å². The molecule has 0 aliphatic carbocycles. The van der Waals surface area contributed by atoms with E-state index in [-0.39, 0.29) is 5.91 Å². The van der Waals surface area contributed by atoms with E-state index >= 15 is 0 Å². The summed E-state index contributed by atoms with van der Waals surface area (Å²) in [7, 11) is 0. The van der Waals surface area contributed by atoms with E-state index < -0.39 is 0 Å². The zero-order chi connectivity index (χ0) is 9.10. The maximum atomic E-state index is 11.5. The van der Waals surface area contributed by atoms with Crippen LogP contribution in [-0.2, 0) is 0 Å². The highest BCUT2D eigenvalue weighted by Crippen LogP contribution is 2.17. The molecule has 70 valence electrons. The van der Waals surface area contributed by atoms with Gasteiger partial charge in [-0.2, -0.15) is 11.8 Å². The molecule has 2 heterocycles. The smallest absolute Gasteiger partial charge is 0.253 e. The molecule has 1 amide bonds. The molecule has 1 aliphatic rings. The number of aromatic nitrogens is 1. The Balaban J connectivity index is 1.91. The van der Waals surface area contributed by atoms with Crippen LogP contribution in [0.1, 0.15) is 16.8 Å². The summed E-state index contributed by atoms with van der Waals surface area (Å²) >= 11 is 1.90. The molecule has 1 aliphatic heterocycles. The Morgan fingerprint density at radius 1 is 1.69 bits per heavy atom. The quantitative estimate of drug-likeness (QED) is 0.747. The number of carbonyl (C=O) groups excluding carboxylic acids is 1. The van der Waals surface area contributed by atoms with E-state index in [1.807, 2.05) is 11.8 Å². The van der Waals surface area contributed by atoms with Crippen LogP contribution in [0.4, 0.5) is 0 Å². The van der Waals surface area contributed by atoms with Crippen LogP contribution in [0.3, 0.4) is 0 Å². The van der Waals surface area contributed by atoms with E-state index in [0.717, 1.165) is 23.5 Å². The van der Waals surface area contributed by atoms with Gasteiger partial charge in [-0.15, -0.1) is 0 Å². The molecule has 13 heavy (non-hydrogen) atoms. The van der Waals surface area contributed by atoms with Gasteiger partial charge in [-0.3, -0.25) is 4.79 Å². The minimum absolute atomic E-state index is 0.0359. The molecule has 3 nitrogen and oxygen atoms in total. The summed E-state index contributed by atoms with van der Waals surface area (Å²) in [6.07, 6.45) is 4.58. The van der Waals surface area contributed by atoms with Crippen molar-refractivity contribution in [3.8, 4) is 0 Å². The van der Waals surface area contributed by atoms with E-state index in [9.17, 15) is 4.79 Å². The normalized spacial score (nSPS) is 21.7. The van der Waals surface area contributed by atoms with Crippen LogP contribution in [0.25, 0.3) is 0 Å². The molecule has 0 saturated carbocycles. The van der Waals surface area contributed by atoms with Gasteiger partial charge in [-0.25, -0.2) is 0 Å². The van der Waals surface area contributed by atoms with E-state index in [2.05, 4.69) is 10.3 Å². The number of thioether (sulfide) groups is 1. The topological polar surface area (TPSA) is 44.9 Å². The maximum Gasteiger partial charge on any atom is 0.253 e. The SMILES string of the molecule is O=C(NC1CCSC1)c1cc[nH]c1. The van der Waals surface area contributed by atoms with Crippen LogP contribution in [0.15, 0.2) is 18.5 Å². The van der Waals surface area contributed by atoms with Gasteiger partial charge in [0.2, 0.25) is 0 Å². The van der Waals surface area contributed by atoms with Crippen molar-refractivity contribution in [1.82, 2.24) is 10.3 Å². The molecule has 2 rings (SSSR count). The molecule has 1 atom stereocenters. The van der Waals surface area contributed by atoms with Gasteiger partial charge in [0, 0.05) is 24.2 Å². The fourth-order valence-corrected chi connectivity index (χ4v) is 2.53. The number of hydrogen-bond donors (Lipinski definition) is 2. The summed E-state index contributed by atoms with van der Waals surface area (Å²) in [6.45, 7) is 0. The monoisotopic (exact) mass is 196 g/mol. The molecule has 1 saturated heterocycles. The van der Waals surface area contributed by atoms with Crippen LogP contribution < -0.4 is 5.32 Å². The summed E-state index contributed by atoms with van der Waals surface area (Å²) in [5, 5.41) is 3.00. The second kappa shape index (κ2) is 3.87. The first kappa shape index (κ1) is 8.69. The third-order valence-corrected chi connectivity index (χ3v) is 3.29. The first-order valence-electron chi connectivity index (χ1n) is 4.37. The Labute approximate surface area is 81.3 Å². The first-order chi connectivity index (χ1) is 6.36. The van der Waals surface area contributed by atoms with Crippen LogP contribution in [0.5, 0.6) is 0 Å². The van der Waals surface area contributed by atoms with Crippen LogP contribution in [-0.4, -0.2) is 28.4 Å². The van der Waals surface area contributed by atoms with Crippen molar-refractivity contribution in [1.29, 1.82) is 0 Å². The zero-order valence-electron chi connectivity index (χ0n) is 7.25. The fourth-order valence-electron chi connectivity index (χ4n) is 1.38. The second-order valence-electron chi connectivity index (χ2n) is 3.13. The van der Waals surface area contributed by atoms with Crippen LogP contribution >= 0.6 is 11.8 Å². The summed E-state index contributed by atoms with van der Waals surface area (Å²) < 4.78 is 0. The molecule has 1 aromatic heterocycles. The molecule has 0 spiro atoms. The summed E-state index contributed by atoms with van der Waals surface area (Å²) in [5.41, 5.74) is 0.719. The molecule has 0 bridgehead atoms. The molecule has 1 aromatic rings. The van der Waals surface area contributed by atoms with Gasteiger partial charge in [0.15, 0.2) is 0 Å². The standard InChI is InChI=1S/C9H12N2OS/c12-9(7-1-3-10-5-7)11-8-2-4-13-6-8/h1,3,5,8,10H,2,4,6H2,(H,11,12). The summed E-state index contributed by atoms with van der Waals surface area (Å²) in [4.78, 5) is 14.4. The van der Waals surface area contributed by atoms with Gasteiger partial charge < -0.3 is 10.3 Å². The lowest BCUT2D eigenvalue weighted by molar-refractivity contribution is 0.0941. The molecular formula is C9H12N2OS. The predicted molar refractivity (Wildman–Crippen MR) is 54.0 cm³/mol. The van der Waals surface area contributed by atoms with Gasteiger partial charge in [0.05, 0.1) is 5.56 Å². The Morgan fingerprint density at radius 3 is 3.23 bits per heavy atom. The van der Waals surface area contributed by atoms with Crippen molar-refractivity contribution in [3.63, 3.8) is 0 Å². The summed E-state index contributed by atoms with van der Waals surface area (Å²) in [6, 6.07) is 2.16. The van der Waals surface area contributed by atoms with Gasteiger partial charge in [0.1, 0.15) is 0 Å².